The minimum absolute atomic E-state index is 0.137. The maximum Gasteiger partial charge on any atom is 0.175 e. The lowest BCUT2D eigenvalue weighted by atomic mass is 10.1. The second-order valence-corrected chi connectivity index (χ2v) is 5.41. The molecule has 2 aromatic rings. The third kappa shape index (κ3) is 4.77. The fourth-order valence-electron chi connectivity index (χ4n) is 2.01. The fourth-order valence-corrected chi connectivity index (χ4v) is 2.24. The van der Waals surface area contributed by atoms with E-state index in [2.05, 4.69) is 17.6 Å². The smallest absolute Gasteiger partial charge is 0.175 e. The first kappa shape index (κ1) is 16.4. The summed E-state index contributed by atoms with van der Waals surface area (Å²) in [4.78, 5) is 0. The van der Waals surface area contributed by atoms with E-state index in [0.717, 1.165) is 31.0 Å². The minimum atomic E-state index is -0.681. The molecule has 2 aromatic carbocycles. The predicted molar refractivity (Wildman–Crippen MR) is 91.3 cm³/mol. The predicted octanol–water partition coefficient (Wildman–Crippen LogP) is 5.12. The van der Waals surface area contributed by atoms with E-state index in [-0.39, 0.29) is 10.8 Å². The first-order valence-electron chi connectivity index (χ1n) is 7.20. The summed E-state index contributed by atoms with van der Waals surface area (Å²) in [5.74, 6) is -1.30. The summed E-state index contributed by atoms with van der Waals surface area (Å²) in [6, 6.07) is 11.2. The molecule has 0 amide bonds. The van der Waals surface area contributed by atoms with Crippen molar-refractivity contribution >= 4 is 28.7 Å². The molecule has 2 rings (SSSR count). The van der Waals surface area contributed by atoms with Crippen molar-refractivity contribution in [1.29, 1.82) is 0 Å². The first-order chi connectivity index (χ1) is 10.6. The third-order valence-electron chi connectivity index (χ3n) is 3.21. The van der Waals surface area contributed by atoms with Gasteiger partial charge in [-0.05, 0) is 54.9 Å². The Hall–Kier alpha value is -2.01. The zero-order valence-corrected chi connectivity index (χ0v) is 13.1. The zero-order chi connectivity index (χ0) is 15.9. The molecule has 0 aromatic heterocycles. The van der Waals surface area contributed by atoms with Crippen LogP contribution in [0.5, 0.6) is 0 Å². The van der Waals surface area contributed by atoms with E-state index in [1.54, 1.807) is 0 Å². The van der Waals surface area contributed by atoms with Gasteiger partial charge in [-0.3, -0.25) is 0 Å². The van der Waals surface area contributed by atoms with Crippen LogP contribution in [0.3, 0.4) is 0 Å². The van der Waals surface area contributed by atoms with Crippen LogP contribution in [0.2, 0.25) is 0 Å². The van der Waals surface area contributed by atoms with E-state index in [1.807, 2.05) is 24.3 Å². The number of rotatable bonds is 5. The molecule has 0 aliphatic rings. The molecule has 0 heterocycles. The maximum atomic E-state index is 13.5. The van der Waals surface area contributed by atoms with Crippen LogP contribution in [0.25, 0.3) is 0 Å². The summed E-state index contributed by atoms with van der Waals surface area (Å²) < 4.78 is 26.4. The van der Waals surface area contributed by atoms with Crippen LogP contribution in [0, 0.1) is 11.6 Å². The number of thiocarbonyl (C=S) groups is 1. The van der Waals surface area contributed by atoms with Crippen LogP contribution in [0.4, 0.5) is 20.2 Å². The quantitative estimate of drug-likeness (QED) is 0.748. The van der Waals surface area contributed by atoms with E-state index < -0.39 is 11.6 Å². The Bertz CT molecular complexity index is 642. The molecule has 22 heavy (non-hydrogen) atoms. The molecule has 116 valence electrons. The number of halogens is 2. The van der Waals surface area contributed by atoms with Crippen LogP contribution in [0.15, 0.2) is 42.5 Å². The van der Waals surface area contributed by atoms with Crippen LogP contribution >= 0.6 is 12.2 Å². The zero-order valence-electron chi connectivity index (χ0n) is 12.3. The standard InChI is InChI=1S/C17H18F2N2S/c1-2-3-4-12-5-8-14(9-6-12)20-17(22)21-16-10-7-13(18)11-15(16)19/h5-11H,2-4H2,1H3,(H2,20,21,22). The molecular weight excluding hydrogens is 302 g/mol. The highest BCUT2D eigenvalue weighted by molar-refractivity contribution is 7.80. The van der Waals surface area contributed by atoms with E-state index in [4.69, 9.17) is 12.2 Å². The Labute approximate surface area is 134 Å². The molecule has 0 radical (unpaired) electrons. The van der Waals surface area contributed by atoms with Gasteiger partial charge in [-0.15, -0.1) is 0 Å². The highest BCUT2D eigenvalue weighted by Gasteiger charge is 2.05. The summed E-state index contributed by atoms with van der Waals surface area (Å²) in [6.45, 7) is 2.16. The molecule has 0 unspecified atom stereocenters. The molecule has 0 atom stereocenters. The van der Waals surface area contributed by atoms with E-state index in [9.17, 15) is 8.78 Å². The number of anilines is 2. The van der Waals surface area contributed by atoms with E-state index in [0.29, 0.717) is 0 Å². The van der Waals surface area contributed by atoms with Crippen molar-refractivity contribution in [2.24, 2.45) is 0 Å². The number of benzene rings is 2. The summed E-state index contributed by atoms with van der Waals surface area (Å²) >= 11 is 5.13. The fraction of sp³-hybridized carbons (Fsp3) is 0.235. The second-order valence-electron chi connectivity index (χ2n) is 5.00. The number of aryl methyl sites for hydroxylation is 1. The topological polar surface area (TPSA) is 24.1 Å². The molecular formula is C17H18F2N2S. The van der Waals surface area contributed by atoms with Gasteiger partial charge >= 0.3 is 0 Å². The van der Waals surface area contributed by atoms with Crippen LogP contribution < -0.4 is 10.6 Å². The van der Waals surface area contributed by atoms with Gasteiger partial charge in [-0.25, -0.2) is 8.78 Å². The SMILES string of the molecule is CCCCc1ccc(NC(=S)Nc2ccc(F)cc2F)cc1. The highest BCUT2D eigenvalue weighted by atomic mass is 32.1. The Kier molecular flexibility index (Phi) is 5.83. The van der Waals surface area contributed by atoms with Gasteiger partial charge in [0, 0.05) is 11.8 Å². The van der Waals surface area contributed by atoms with Gasteiger partial charge in [-0.1, -0.05) is 25.5 Å². The van der Waals surface area contributed by atoms with Crippen molar-refractivity contribution in [2.45, 2.75) is 26.2 Å². The van der Waals surface area contributed by atoms with Gasteiger partial charge in [0.1, 0.15) is 11.6 Å². The molecule has 2 N–H and O–H groups in total. The summed E-state index contributed by atoms with van der Waals surface area (Å²) in [5.41, 5.74) is 2.23. The molecule has 0 aliphatic heterocycles. The average Bonchev–Trinajstić information content (AvgIpc) is 2.49. The number of unbranched alkanes of at least 4 members (excludes halogenated alkanes) is 1. The third-order valence-corrected chi connectivity index (χ3v) is 3.41. The Morgan fingerprint density at radius 2 is 1.77 bits per heavy atom. The first-order valence-corrected chi connectivity index (χ1v) is 7.61. The normalized spacial score (nSPS) is 10.3. The molecule has 2 nitrogen and oxygen atoms in total. The van der Waals surface area contributed by atoms with Crippen LogP contribution in [-0.4, -0.2) is 5.11 Å². The van der Waals surface area contributed by atoms with Crippen molar-refractivity contribution in [1.82, 2.24) is 0 Å². The number of hydrogen-bond acceptors (Lipinski definition) is 1. The van der Waals surface area contributed by atoms with Gasteiger partial charge in [-0.2, -0.15) is 0 Å². The second kappa shape index (κ2) is 7.84. The monoisotopic (exact) mass is 320 g/mol. The van der Waals surface area contributed by atoms with Crippen LogP contribution in [0.1, 0.15) is 25.3 Å². The van der Waals surface area contributed by atoms with Gasteiger partial charge < -0.3 is 10.6 Å². The van der Waals surface area contributed by atoms with Gasteiger partial charge in [0.2, 0.25) is 0 Å². The minimum Gasteiger partial charge on any atom is -0.332 e. The summed E-state index contributed by atoms with van der Waals surface area (Å²) in [6.07, 6.45) is 3.38. The number of nitrogens with one attached hydrogen (secondary N) is 2. The molecule has 0 fully saturated rings. The van der Waals surface area contributed by atoms with Crippen LogP contribution in [-0.2, 0) is 6.42 Å². The molecule has 0 spiro atoms. The maximum absolute atomic E-state index is 13.5. The van der Waals surface area contributed by atoms with Gasteiger partial charge in [0.15, 0.2) is 5.11 Å². The summed E-state index contributed by atoms with van der Waals surface area (Å²) in [5, 5.41) is 5.95. The lowest BCUT2D eigenvalue weighted by Gasteiger charge is -2.11. The van der Waals surface area contributed by atoms with Gasteiger partial charge in [0.25, 0.3) is 0 Å². The Balaban J connectivity index is 1.94. The molecule has 0 saturated carbocycles. The van der Waals surface area contributed by atoms with Crippen molar-refractivity contribution in [3.05, 3.63) is 59.7 Å². The van der Waals surface area contributed by atoms with Gasteiger partial charge in [0.05, 0.1) is 5.69 Å². The largest absolute Gasteiger partial charge is 0.332 e. The lowest BCUT2D eigenvalue weighted by molar-refractivity contribution is 0.586. The van der Waals surface area contributed by atoms with E-state index in [1.165, 1.54) is 17.7 Å². The molecule has 0 saturated heterocycles. The molecule has 5 heteroatoms. The van der Waals surface area contributed by atoms with E-state index >= 15 is 0 Å². The van der Waals surface area contributed by atoms with Crippen molar-refractivity contribution in [2.75, 3.05) is 10.6 Å². The number of hydrogen-bond donors (Lipinski definition) is 2. The summed E-state index contributed by atoms with van der Waals surface area (Å²) in [7, 11) is 0. The average molecular weight is 320 g/mol. The van der Waals surface area contributed by atoms with Crippen molar-refractivity contribution in [3.63, 3.8) is 0 Å². The molecule has 0 bridgehead atoms. The lowest BCUT2D eigenvalue weighted by Crippen LogP contribution is -2.19. The Morgan fingerprint density at radius 3 is 2.41 bits per heavy atom. The highest BCUT2D eigenvalue weighted by Crippen LogP contribution is 2.16. The van der Waals surface area contributed by atoms with Crippen molar-refractivity contribution < 1.29 is 8.78 Å². The molecule has 0 aliphatic carbocycles. The van der Waals surface area contributed by atoms with Crippen molar-refractivity contribution in [3.8, 4) is 0 Å². The Morgan fingerprint density at radius 1 is 1.05 bits per heavy atom.